The third-order valence-electron chi connectivity index (χ3n) is 5.09. The molecule has 0 radical (unpaired) electrons. The van der Waals surface area contributed by atoms with Gasteiger partial charge in [-0.25, -0.2) is 0 Å². The number of carbonyl (C=O) groups excluding carboxylic acids is 1. The second kappa shape index (κ2) is 10.7. The van der Waals surface area contributed by atoms with E-state index in [1.165, 1.54) is 27.8 Å². The number of aryl methyl sites for hydroxylation is 3. The van der Waals surface area contributed by atoms with E-state index in [4.69, 9.17) is 0 Å². The van der Waals surface area contributed by atoms with Gasteiger partial charge in [0, 0.05) is 16.3 Å². The minimum atomic E-state index is -0.0647. The zero-order valence-corrected chi connectivity index (χ0v) is 20.5. The monoisotopic (exact) mass is 474 g/mol. The maximum absolute atomic E-state index is 12.6. The molecule has 0 aliphatic heterocycles. The van der Waals surface area contributed by atoms with Gasteiger partial charge >= 0.3 is 0 Å². The van der Waals surface area contributed by atoms with Crippen molar-refractivity contribution in [1.82, 2.24) is 14.8 Å². The van der Waals surface area contributed by atoms with E-state index < -0.39 is 0 Å². The Hall–Kier alpha value is -3.03. The fourth-order valence-corrected chi connectivity index (χ4v) is 4.96. The van der Waals surface area contributed by atoms with E-state index in [9.17, 15) is 4.79 Å². The van der Waals surface area contributed by atoms with Crippen molar-refractivity contribution >= 4 is 35.1 Å². The van der Waals surface area contributed by atoms with Gasteiger partial charge in [-0.15, -0.1) is 22.0 Å². The summed E-state index contributed by atoms with van der Waals surface area (Å²) >= 11 is 3.11. The molecule has 7 heteroatoms. The topological polar surface area (TPSA) is 59.8 Å². The number of rotatable bonds is 8. The number of aromatic nitrogens is 3. The van der Waals surface area contributed by atoms with Crippen LogP contribution in [0.3, 0.4) is 0 Å². The standard InChI is InChI=1S/C26H26N4OS2/c1-18-9-12-22(13-10-18)32-16-24-28-29-26(30(24)21-7-5-4-6-8-21)33-17-25(31)27-23-14-11-19(2)15-20(23)3/h4-15H,16-17H2,1-3H3,(H,27,31). The first-order valence-electron chi connectivity index (χ1n) is 10.7. The highest BCUT2D eigenvalue weighted by molar-refractivity contribution is 7.99. The lowest BCUT2D eigenvalue weighted by molar-refractivity contribution is -0.113. The molecular formula is C26H26N4OS2. The Bertz CT molecular complexity index is 1240. The molecule has 1 N–H and O–H groups in total. The molecule has 0 saturated carbocycles. The van der Waals surface area contributed by atoms with Crippen LogP contribution in [0.1, 0.15) is 22.5 Å². The Labute approximate surface area is 203 Å². The Morgan fingerprint density at radius 3 is 2.33 bits per heavy atom. The number of thioether (sulfide) groups is 2. The number of nitrogens with one attached hydrogen (secondary N) is 1. The summed E-state index contributed by atoms with van der Waals surface area (Å²) in [6, 6.07) is 24.5. The molecule has 168 valence electrons. The maximum Gasteiger partial charge on any atom is 0.234 e. The van der Waals surface area contributed by atoms with E-state index in [2.05, 4.69) is 52.8 Å². The third-order valence-corrected chi connectivity index (χ3v) is 7.03. The highest BCUT2D eigenvalue weighted by atomic mass is 32.2. The van der Waals surface area contributed by atoms with E-state index in [-0.39, 0.29) is 11.7 Å². The Morgan fingerprint density at radius 2 is 1.61 bits per heavy atom. The Kier molecular flexibility index (Phi) is 7.52. The lowest BCUT2D eigenvalue weighted by Gasteiger charge is -2.11. The summed E-state index contributed by atoms with van der Waals surface area (Å²) in [5.41, 5.74) is 5.29. The van der Waals surface area contributed by atoms with Crippen LogP contribution in [0, 0.1) is 20.8 Å². The van der Waals surface area contributed by atoms with Crippen LogP contribution >= 0.6 is 23.5 Å². The fourth-order valence-electron chi connectivity index (χ4n) is 3.38. The van der Waals surface area contributed by atoms with Crippen molar-refractivity contribution in [3.05, 3.63) is 95.3 Å². The van der Waals surface area contributed by atoms with Crippen molar-refractivity contribution in [2.75, 3.05) is 11.1 Å². The molecule has 0 bridgehead atoms. The van der Waals surface area contributed by atoms with Gasteiger partial charge in [0.2, 0.25) is 5.91 Å². The zero-order chi connectivity index (χ0) is 23.2. The summed E-state index contributed by atoms with van der Waals surface area (Å²) in [7, 11) is 0. The first-order chi connectivity index (χ1) is 16.0. The molecule has 0 saturated heterocycles. The molecule has 0 aliphatic carbocycles. The Balaban J connectivity index is 1.49. The number of hydrogen-bond acceptors (Lipinski definition) is 5. The van der Waals surface area contributed by atoms with Crippen LogP contribution in [0.5, 0.6) is 0 Å². The second-order valence-electron chi connectivity index (χ2n) is 7.83. The quantitative estimate of drug-likeness (QED) is 0.307. The molecule has 1 heterocycles. The average Bonchev–Trinajstić information content (AvgIpc) is 3.22. The Morgan fingerprint density at radius 1 is 0.879 bits per heavy atom. The average molecular weight is 475 g/mol. The van der Waals surface area contributed by atoms with E-state index in [1.807, 2.05) is 60.9 Å². The van der Waals surface area contributed by atoms with Crippen LogP contribution in [0.15, 0.2) is 82.8 Å². The first kappa shape index (κ1) is 23.1. The van der Waals surface area contributed by atoms with Crippen LogP contribution in [0.2, 0.25) is 0 Å². The molecule has 0 fully saturated rings. The van der Waals surface area contributed by atoms with Crippen molar-refractivity contribution < 1.29 is 4.79 Å². The summed E-state index contributed by atoms with van der Waals surface area (Å²) in [5, 5.41) is 12.6. The zero-order valence-electron chi connectivity index (χ0n) is 18.9. The first-order valence-corrected chi connectivity index (χ1v) is 12.7. The molecule has 0 spiro atoms. The van der Waals surface area contributed by atoms with Crippen LogP contribution < -0.4 is 5.32 Å². The van der Waals surface area contributed by atoms with Crippen LogP contribution in [0.25, 0.3) is 5.69 Å². The molecule has 1 aromatic heterocycles. The van der Waals surface area contributed by atoms with Crippen molar-refractivity contribution in [2.24, 2.45) is 0 Å². The highest BCUT2D eigenvalue weighted by Crippen LogP contribution is 2.28. The normalized spacial score (nSPS) is 10.9. The van der Waals surface area contributed by atoms with Gasteiger partial charge in [0.1, 0.15) is 5.82 Å². The second-order valence-corrected chi connectivity index (χ2v) is 9.82. The van der Waals surface area contributed by atoms with Crippen LogP contribution in [0.4, 0.5) is 5.69 Å². The van der Waals surface area contributed by atoms with Crippen LogP contribution in [-0.4, -0.2) is 26.4 Å². The van der Waals surface area contributed by atoms with E-state index >= 15 is 0 Å². The molecule has 33 heavy (non-hydrogen) atoms. The predicted molar refractivity (Wildman–Crippen MR) is 137 cm³/mol. The van der Waals surface area contributed by atoms with Gasteiger partial charge in [-0.3, -0.25) is 9.36 Å². The minimum absolute atomic E-state index is 0.0647. The van der Waals surface area contributed by atoms with Crippen molar-refractivity contribution in [3.8, 4) is 5.69 Å². The number of para-hydroxylation sites is 1. The maximum atomic E-state index is 12.6. The molecule has 5 nitrogen and oxygen atoms in total. The number of benzene rings is 3. The lowest BCUT2D eigenvalue weighted by Crippen LogP contribution is -2.15. The van der Waals surface area contributed by atoms with Gasteiger partial charge < -0.3 is 5.32 Å². The predicted octanol–water partition coefficient (Wildman–Crippen LogP) is 6.22. The molecule has 1 amide bonds. The number of carbonyl (C=O) groups is 1. The molecule has 3 aromatic carbocycles. The summed E-state index contributed by atoms with van der Waals surface area (Å²) in [6.45, 7) is 6.12. The number of nitrogens with zero attached hydrogens (tertiary/aromatic N) is 3. The molecule has 0 atom stereocenters. The lowest BCUT2D eigenvalue weighted by atomic mass is 10.1. The molecule has 4 rings (SSSR count). The van der Waals surface area contributed by atoms with Gasteiger partial charge in [-0.05, 0) is 56.7 Å². The third kappa shape index (κ3) is 6.06. The number of anilines is 1. The van der Waals surface area contributed by atoms with Gasteiger partial charge in [-0.2, -0.15) is 0 Å². The summed E-state index contributed by atoms with van der Waals surface area (Å²) in [4.78, 5) is 13.8. The largest absolute Gasteiger partial charge is 0.325 e. The van der Waals surface area contributed by atoms with Crippen molar-refractivity contribution in [3.63, 3.8) is 0 Å². The molecule has 0 unspecified atom stereocenters. The fraction of sp³-hybridized carbons (Fsp3) is 0.192. The van der Waals surface area contributed by atoms with Crippen LogP contribution in [-0.2, 0) is 10.5 Å². The van der Waals surface area contributed by atoms with E-state index in [0.29, 0.717) is 10.9 Å². The van der Waals surface area contributed by atoms with Gasteiger partial charge in [0.15, 0.2) is 5.16 Å². The summed E-state index contributed by atoms with van der Waals surface area (Å²) in [5.74, 6) is 1.72. The minimum Gasteiger partial charge on any atom is -0.325 e. The van der Waals surface area contributed by atoms with Gasteiger partial charge in [-0.1, -0.05) is 65.4 Å². The van der Waals surface area contributed by atoms with Gasteiger partial charge in [0.25, 0.3) is 0 Å². The van der Waals surface area contributed by atoms with Crippen molar-refractivity contribution in [1.29, 1.82) is 0 Å². The van der Waals surface area contributed by atoms with E-state index in [0.717, 1.165) is 22.8 Å². The molecule has 0 aliphatic rings. The number of hydrogen-bond donors (Lipinski definition) is 1. The number of amides is 1. The molecular weight excluding hydrogens is 448 g/mol. The summed E-state index contributed by atoms with van der Waals surface area (Å²) in [6.07, 6.45) is 0. The van der Waals surface area contributed by atoms with E-state index in [1.54, 1.807) is 11.8 Å². The smallest absolute Gasteiger partial charge is 0.234 e. The molecule has 4 aromatic rings. The van der Waals surface area contributed by atoms with Crippen molar-refractivity contribution in [2.45, 2.75) is 36.6 Å². The van der Waals surface area contributed by atoms with Gasteiger partial charge in [0.05, 0.1) is 11.5 Å². The highest BCUT2D eigenvalue weighted by Gasteiger charge is 2.16. The summed E-state index contributed by atoms with van der Waals surface area (Å²) < 4.78 is 2.04. The SMILES string of the molecule is Cc1ccc(SCc2nnc(SCC(=O)Nc3ccc(C)cc3C)n2-c2ccccc2)cc1.